The Kier molecular flexibility index (Phi) is 2.44. The van der Waals surface area contributed by atoms with Crippen LogP contribution < -0.4 is 5.73 Å². The lowest BCUT2D eigenvalue weighted by atomic mass is 10.4. The van der Waals surface area contributed by atoms with Crippen LogP contribution in [0.25, 0.3) is 0 Å². The van der Waals surface area contributed by atoms with Gasteiger partial charge >= 0.3 is 6.01 Å². The number of likely N-dealkylation sites (tertiary alicyclic amines) is 1. The molecule has 2 heterocycles. The van der Waals surface area contributed by atoms with Gasteiger partial charge in [0.25, 0.3) is 0 Å². The van der Waals surface area contributed by atoms with E-state index < -0.39 is 0 Å². The molecule has 1 aromatic heterocycles. The Hall–Kier alpha value is -1.10. The first kappa shape index (κ1) is 8.50. The van der Waals surface area contributed by atoms with Gasteiger partial charge in [-0.25, -0.2) is 0 Å². The molecule has 2 N–H and O–H groups in total. The second-order valence-electron chi connectivity index (χ2n) is 3.35. The first-order valence-electron chi connectivity index (χ1n) is 4.65. The zero-order valence-corrected chi connectivity index (χ0v) is 7.57. The van der Waals surface area contributed by atoms with E-state index in [1.165, 1.54) is 25.9 Å². The first-order valence-corrected chi connectivity index (χ1v) is 4.65. The summed E-state index contributed by atoms with van der Waals surface area (Å²) in [4.78, 5) is 6.35. The first-order chi connectivity index (χ1) is 6.34. The van der Waals surface area contributed by atoms with E-state index in [4.69, 9.17) is 5.73 Å². The summed E-state index contributed by atoms with van der Waals surface area (Å²) in [6.45, 7) is 3.42. The predicted octanol–water partition coefficient (Wildman–Crippen LogP) is 0.290. The van der Waals surface area contributed by atoms with Crippen LogP contribution in [0.3, 0.4) is 0 Å². The van der Waals surface area contributed by atoms with Crippen LogP contribution in [0.5, 0.6) is 0 Å². The van der Waals surface area contributed by atoms with Gasteiger partial charge in [0.05, 0.1) is 0 Å². The van der Waals surface area contributed by atoms with E-state index in [0.717, 1.165) is 13.0 Å². The summed E-state index contributed by atoms with van der Waals surface area (Å²) < 4.78 is 4.68. The third-order valence-electron chi connectivity index (χ3n) is 2.33. The van der Waals surface area contributed by atoms with Gasteiger partial charge in [-0.15, -0.1) is 0 Å². The van der Waals surface area contributed by atoms with Crippen LogP contribution in [-0.4, -0.2) is 34.7 Å². The van der Waals surface area contributed by atoms with Crippen molar-refractivity contribution < 1.29 is 4.52 Å². The number of anilines is 1. The molecule has 0 atom stereocenters. The molecule has 0 radical (unpaired) electrons. The molecule has 1 aromatic rings. The van der Waals surface area contributed by atoms with Gasteiger partial charge in [0, 0.05) is 13.0 Å². The lowest BCUT2D eigenvalue weighted by molar-refractivity contribution is 0.337. The minimum absolute atomic E-state index is 0.163. The Bertz CT molecular complexity index is 267. The Balaban J connectivity index is 1.78. The van der Waals surface area contributed by atoms with E-state index >= 15 is 0 Å². The number of aromatic nitrogens is 2. The molecule has 0 bridgehead atoms. The van der Waals surface area contributed by atoms with Crippen LogP contribution in [0.15, 0.2) is 4.52 Å². The fourth-order valence-electron chi connectivity index (χ4n) is 1.63. The Morgan fingerprint density at radius 1 is 1.38 bits per heavy atom. The van der Waals surface area contributed by atoms with E-state index in [0.29, 0.717) is 5.82 Å². The highest BCUT2D eigenvalue weighted by molar-refractivity contribution is 5.07. The largest absolute Gasteiger partial charge is 0.351 e. The summed E-state index contributed by atoms with van der Waals surface area (Å²) in [5, 5.41) is 3.74. The number of hydrogen-bond acceptors (Lipinski definition) is 5. The van der Waals surface area contributed by atoms with Gasteiger partial charge in [0.15, 0.2) is 5.82 Å². The molecule has 1 fully saturated rings. The quantitative estimate of drug-likeness (QED) is 0.727. The maximum absolute atomic E-state index is 5.31. The molecule has 0 saturated carbocycles. The molecule has 1 aliphatic rings. The molecular formula is C8H14N4O. The third kappa shape index (κ3) is 2.18. The van der Waals surface area contributed by atoms with Crippen molar-refractivity contribution in [3.8, 4) is 0 Å². The van der Waals surface area contributed by atoms with Crippen molar-refractivity contribution in [2.24, 2.45) is 0 Å². The van der Waals surface area contributed by atoms with Gasteiger partial charge in [0.1, 0.15) is 0 Å². The summed E-state index contributed by atoms with van der Waals surface area (Å²) >= 11 is 0. The molecular weight excluding hydrogens is 168 g/mol. The number of rotatable bonds is 3. The second-order valence-corrected chi connectivity index (χ2v) is 3.35. The predicted molar refractivity (Wildman–Crippen MR) is 48.1 cm³/mol. The van der Waals surface area contributed by atoms with Crippen molar-refractivity contribution in [3.63, 3.8) is 0 Å². The number of nitrogens with zero attached hydrogens (tertiary/aromatic N) is 3. The summed E-state index contributed by atoms with van der Waals surface area (Å²) in [6.07, 6.45) is 3.46. The molecule has 0 aromatic carbocycles. The molecule has 0 unspecified atom stereocenters. The van der Waals surface area contributed by atoms with Gasteiger partial charge in [-0.2, -0.15) is 4.98 Å². The Morgan fingerprint density at radius 3 is 2.77 bits per heavy atom. The van der Waals surface area contributed by atoms with Crippen LogP contribution in [0.2, 0.25) is 0 Å². The molecule has 5 heteroatoms. The van der Waals surface area contributed by atoms with E-state index in [9.17, 15) is 0 Å². The van der Waals surface area contributed by atoms with Crippen LogP contribution in [0.4, 0.5) is 6.01 Å². The van der Waals surface area contributed by atoms with E-state index in [-0.39, 0.29) is 6.01 Å². The topological polar surface area (TPSA) is 68.2 Å². The van der Waals surface area contributed by atoms with E-state index in [2.05, 4.69) is 19.6 Å². The molecule has 72 valence electrons. The smallest absolute Gasteiger partial charge is 0.318 e. The van der Waals surface area contributed by atoms with Crippen LogP contribution in [0.1, 0.15) is 18.7 Å². The van der Waals surface area contributed by atoms with Crippen LogP contribution in [-0.2, 0) is 6.42 Å². The van der Waals surface area contributed by atoms with Crippen molar-refractivity contribution in [2.45, 2.75) is 19.3 Å². The van der Waals surface area contributed by atoms with Gasteiger partial charge in [0.2, 0.25) is 0 Å². The lowest BCUT2D eigenvalue weighted by Gasteiger charge is -2.11. The molecule has 0 amide bonds. The zero-order valence-electron chi connectivity index (χ0n) is 7.57. The summed E-state index contributed by atoms with van der Waals surface area (Å²) in [5.74, 6) is 0.712. The maximum Gasteiger partial charge on any atom is 0.318 e. The molecule has 0 aliphatic carbocycles. The molecule has 2 rings (SSSR count). The Labute approximate surface area is 76.9 Å². The van der Waals surface area contributed by atoms with Crippen molar-refractivity contribution in [1.29, 1.82) is 0 Å². The van der Waals surface area contributed by atoms with Crippen LogP contribution in [0, 0.1) is 0 Å². The molecule has 13 heavy (non-hydrogen) atoms. The SMILES string of the molecule is Nc1nc(CCN2CCCC2)no1. The monoisotopic (exact) mass is 182 g/mol. The molecule has 1 saturated heterocycles. The average molecular weight is 182 g/mol. The van der Waals surface area contributed by atoms with Gasteiger partial charge in [-0.1, -0.05) is 5.16 Å². The normalized spacial score (nSPS) is 18.2. The highest BCUT2D eigenvalue weighted by atomic mass is 16.5. The third-order valence-corrected chi connectivity index (χ3v) is 2.33. The molecule has 1 aliphatic heterocycles. The highest BCUT2D eigenvalue weighted by Crippen LogP contribution is 2.08. The highest BCUT2D eigenvalue weighted by Gasteiger charge is 2.12. The maximum atomic E-state index is 5.31. The fourth-order valence-corrected chi connectivity index (χ4v) is 1.63. The molecule has 0 spiro atoms. The van der Waals surface area contributed by atoms with Gasteiger partial charge in [-0.05, 0) is 25.9 Å². The summed E-state index contributed by atoms with van der Waals surface area (Å²) in [5.41, 5.74) is 5.31. The number of hydrogen-bond donors (Lipinski definition) is 1. The van der Waals surface area contributed by atoms with Gasteiger partial charge < -0.3 is 15.2 Å². The van der Waals surface area contributed by atoms with Crippen LogP contribution >= 0.6 is 0 Å². The minimum Gasteiger partial charge on any atom is -0.351 e. The number of nitrogen functional groups attached to an aromatic ring is 1. The second kappa shape index (κ2) is 3.74. The standard InChI is InChI=1S/C8H14N4O/c9-8-10-7(11-13-8)3-6-12-4-1-2-5-12/h1-6H2,(H2,9,10,11). The van der Waals surface area contributed by atoms with Gasteiger partial charge in [-0.3, -0.25) is 0 Å². The van der Waals surface area contributed by atoms with Crippen molar-refractivity contribution >= 4 is 6.01 Å². The van der Waals surface area contributed by atoms with Crippen molar-refractivity contribution in [2.75, 3.05) is 25.4 Å². The molecule has 5 nitrogen and oxygen atoms in total. The summed E-state index contributed by atoms with van der Waals surface area (Å²) in [6, 6.07) is 0.163. The van der Waals surface area contributed by atoms with E-state index in [1.54, 1.807) is 0 Å². The Morgan fingerprint density at radius 2 is 2.15 bits per heavy atom. The lowest BCUT2D eigenvalue weighted by Crippen LogP contribution is -2.22. The number of nitrogens with two attached hydrogens (primary N) is 1. The van der Waals surface area contributed by atoms with Crippen molar-refractivity contribution in [1.82, 2.24) is 15.0 Å². The fraction of sp³-hybridized carbons (Fsp3) is 0.750. The van der Waals surface area contributed by atoms with E-state index in [1.807, 2.05) is 0 Å². The zero-order chi connectivity index (χ0) is 9.10. The minimum atomic E-state index is 0.163. The average Bonchev–Trinajstić information content (AvgIpc) is 2.71. The van der Waals surface area contributed by atoms with Crippen molar-refractivity contribution in [3.05, 3.63) is 5.82 Å². The summed E-state index contributed by atoms with van der Waals surface area (Å²) in [7, 11) is 0.